The number of fused-ring (bicyclic) bond motifs is 1. The molecular formula is C18H19NOS. The molecule has 1 aromatic carbocycles. The molecule has 4 rings (SSSR count). The third-order valence-electron chi connectivity index (χ3n) is 4.45. The molecule has 0 saturated carbocycles. The molecule has 0 atom stereocenters. The van der Waals surface area contributed by atoms with Gasteiger partial charge >= 0.3 is 0 Å². The van der Waals surface area contributed by atoms with Gasteiger partial charge in [-0.1, -0.05) is 18.2 Å². The first-order valence-electron chi connectivity index (χ1n) is 7.57. The van der Waals surface area contributed by atoms with Crippen molar-refractivity contribution in [2.45, 2.75) is 24.9 Å². The Morgan fingerprint density at radius 3 is 2.76 bits per heavy atom. The van der Waals surface area contributed by atoms with Gasteiger partial charge in [0.15, 0.2) is 0 Å². The maximum Gasteiger partial charge on any atom is 0.130 e. The van der Waals surface area contributed by atoms with E-state index in [0.29, 0.717) is 0 Å². The van der Waals surface area contributed by atoms with E-state index in [1.165, 1.54) is 16.7 Å². The summed E-state index contributed by atoms with van der Waals surface area (Å²) >= 11 is 1.76. The zero-order chi connectivity index (χ0) is 14.1. The molecule has 1 spiro atoms. The third-order valence-corrected chi connectivity index (χ3v) is 5.13. The SMILES string of the molecule is C1=C(c2ccsc2)Cc2ccccc2OC12CCNCC2. The van der Waals surface area contributed by atoms with E-state index in [0.717, 1.165) is 38.1 Å². The molecule has 2 aliphatic heterocycles. The van der Waals surface area contributed by atoms with Gasteiger partial charge in [-0.2, -0.15) is 11.3 Å². The molecule has 1 saturated heterocycles. The number of piperidine rings is 1. The molecule has 2 aromatic rings. The minimum Gasteiger partial charge on any atom is -0.483 e. The van der Waals surface area contributed by atoms with Crippen molar-refractivity contribution in [1.29, 1.82) is 0 Å². The standard InChI is InChI=1S/C18H19NOS/c1-2-4-17-14(3-1)11-16(15-5-10-21-13-15)12-18(20-17)6-8-19-9-7-18/h1-5,10,12-13,19H,6-9,11H2. The summed E-state index contributed by atoms with van der Waals surface area (Å²) in [5.74, 6) is 1.06. The Morgan fingerprint density at radius 1 is 1.10 bits per heavy atom. The second-order valence-electron chi connectivity index (χ2n) is 5.88. The van der Waals surface area contributed by atoms with Crippen LogP contribution in [0.3, 0.4) is 0 Å². The highest BCUT2D eigenvalue weighted by molar-refractivity contribution is 7.08. The molecule has 2 aliphatic rings. The lowest BCUT2D eigenvalue weighted by atomic mass is 9.88. The molecule has 0 unspecified atom stereocenters. The van der Waals surface area contributed by atoms with Crippen LogP contribution in [0.1, 0.15) is 24.0 Å². The third kappa shape index (κ3) is 2.52. The molecule has 21 heavy (non-hydrogen) atoms. The fourth-order valence-electron chi connectivity index (χ4n) is 3.30. The summed E-state index contributed by atoms with van der Waals surface area (Å²) < 4.78 is 6.50. The van der Waals surface area contributed by atoms with Crippen LogP contribution in [0.4, 0.5) is 0 Å². The van der Waals surface area contributed by atoms with E-state index in [1.807, 2.05) is 0 Å². The van der Waals surface area contributed by atoms with E-state index < -0.39 is 0 Å². The van der Waals surface area contributed by atoms with E-state index in [1.54, 1.807) is 11.3 Å². The van der Waals surface area contributed by atoms with E-state index in [2.05, 4.69) is 52.5 Å². The Balaban J connectivity index is 1.81. The average molecular weight is 297 g/mol. The van der Waals surface area contributed by atoms with Crippen molar-refractivity contribution in [2.24, 2.45) is 0 Å². The Hall–Kier alpha value is -1.58. The van der Waals surface area contributed by atoms with Crippen molar-refractivity contribution in [3.63, 3.8) is 0 Å². The first-order valence-corrected chi connectivity index (χ1v) is 8.51. The van der Waals surface area contributed by atoms with Crippen LogP contribution in [0.5, 0.6) is 5.75 Å². The maximum absolute atomic E-state index is 6.50. The molecule has 0 bridgehead atoms. The second kappa shape index (κ2) is 5.32. The van der Waals surface area contributed by atoms with Gasteiger partial charge in [0.2, 0.25) is 0 Å². The molecule has 0 aliphatic carbocycles. The topological polar surface area (TPSA) is 21.3 Å². The Morgan fingerprint density at radius 2 is 1.95 bits per heavy atom. The molecule has 0 radical (unpaired) electrons. The number of nitrogens with one attached hydrogen (secondary N) is 1. The summed E-state index contributed by atoms with van der Waals surface area (Å²) in [6, 6.07) is 10.7. The van der Waals surface area contributed by atoms with Crippen molar-refractivity contribution in [2.75, 3.05) is 13.1 Å². The predicted molar refractivity (Wildman–Crippen MR) is 87.9 cm³/mol. The van der Waals surface area contributed by atoms with Gasteiger partial charge in [0.05, 0.1) is 0 Å². The van der Waals surface area contributed by atoms with Crippen molar-refractivity contribution >= 4 is 16.9 Å². The van der Waals surface area contributed by atoms with Crippen LogP contribution in [0.25, 0.3) is 5.57 Å². The summed E-state index contributed by atoms with van der Waals surface area (Å²) in [6.07, 6.45) is 5.43. The zero-order valence-corrected chi connectivity index (χ0v) is 12.8. The number of hydrogen-bond donors (Lipinski definition) is 1. The van der Waals surface area contributed by atoms with E-state index in [4.69, 9.17) is 4.74 Å². The number of hydrogen-bond acceptors (Lipinski definition) is 3. The van der Waals surface area contributed by atoms with Crippen molar-refractivity contribution in [3.05, 3.63) is 58.3 Å². The molecule has 2 nitrogen and oxygen atoms in total. The lowest BCUT2D eigenvalue weighted by molar-refractivity contribution is 0.0855. The van der Waals surface area contributed by atoms with Gasteiger partial charge < -0.3 is 10.1 Å². The maximum atomic E-state index is 6.50. The lowest BCUT2D eigenvalue weighted by Crippen LogP contribution is -2.44. The molecule has 1 fully saturated rings. The van der Waals surface area contributed by atoms with Gasteiger partial charge in [-0.05, 0) is 58.8 Å². The number of ether oxygens (including phenoxy) is 1. The van der Waals surface area contributed by atoms with Gasteiger partial charge in [0, 0.05) is 19.3 Å². The summed E-state index contributed by atoms with van der Waals surface area (Å²) in [6.45, 7) is 2.05. The molecule has 0 amide bonds. The van der Waals surface area contributed by atoms with Crippen LogP contribution >= 0.6 is 11.3 Å². The van der Waals surface area contributed by atoms with Gasteiger partial charge in [0.25, 0.3) is 0 Å². The van der Waals surface area contributed by atoms with Crippen molar-refractivity contribution in [1.82, 2.24) is 5.32 Å². The minimum atomic E-state index is -0.144. The number of rotatable bonds is 1. The van der Waals surface area contributed by atoms with Crippen molar-refractivity contribution in [3.8, 4) is 5.75 Å². The van der Waals surface area contributed by atoms with Crippen LogP contribution in [-0.4, -0.2) is 18.7 Å². The van der Waals surface area contributed by atoms with Gasteiger partial charge in [-0.25, -0.2) is 0 Å². The number of allylic oxidation sites excluding steroid dienone is 1. The number of benzene rings is 1. The summed E-state index contributed by atoms with van der Waals surface area (Å²) in [4.78, 5) is 0. The number of para-hydroxylation sites is 1. The second-order valence-corrected chi connectivity index (χ2v) is 6.66. The van der Waals surface area contributed by atoms with Gasteiger partial charge in [0.1, 0.15) is 11.4 Å². The number of thiophene rings is 1. The highest BCUT2D eigenvalue weighted by Gasteiger charge is 2.35. The first-order chi connectivity index (χ1) is 10.3. The fraction of sp³-hybridized carbons (Fsp3) is 0.333. The minimum absolute atomic E-state index is 0.144. The smallest absolute Gasteiger partial charge is 0.130 e. The monoisotopic (exact) mass is 297 g/mol. The predicted octanol–water partition coefficient (Wildman–Crippen LogP) is 3.89. The molecule has 108 valence electrons. The Labute approximate surface area is 129 Å². The lowest BCUT2D eigenvalue weighted by Gasteiger charge is -2.35. The van der Waals surface area contributed by atoms with Crippen LogP contribution in [-0.2, 0) is 6.42 Å². The Bertz CT molecular complexity index is 654. The molecule has 3 heteroatoms. The average Bonchev–Trinajstić information content (AvgIpc) is 2.99. The highest BCUT2D eigenvalue weighted by Crippen LogP contribution is 2.38. The molecule has 1 aromatic heterocycles. The Kier molecular flexibility index (Phi) is 3.32. The molecule has 3 heterocycles. The summed E-state index contributed by atoms with van der Waals surface area (Å²) in [7, 11) is 0. The molecule has 1 N–H and O–H groups in total. The van der Waals surface area contributed by atoms with E-state index in [-0.39, 0.29) is 5.60 Å². The van der Waals surface area contributed by atoms with E-state index in [9.17, 15) is 0 Å². The van der Waals surface area contributed by atoms with Crippen LogP contribution in [0.15, 0.2) is 47.2 Å². The van der Waals surface area contributed by atoms with Crippen LogP contribution in [0, 0.1) is 0 Å². The van der Waals surface area contributed by atoms with E-state index >= 15 is 0 Å². The fourth-order valence-corrected chi connectivity index (χ4v) is 3.98. The quantitative estimate of drug-likeness (QED) is 0.862. The van der Waals surface area contributed by atoms with Crippen molar-refractivity contribution < 1.29 is 4.74 Å². The normalized spacial score (nSPS) is 20.3. The molecular weight excluding hydrogens is 278 g/mol. The largest absolute Gasteiger partial charge is 0.483 e. The van der Waals surface area contributed by atoms with Crippen LogP contribution < -0.4 is 10.1 Å². The van der Waals surface area contributed by atoms with Gasteiger partial charge in [-0.3, -0.25) is 0 Å². The van der Waals surface area contributed by atoms with Gasteiger partial charge in [-0.15, -0.1) is 0 Å². The summed E-state index contributed by atoms with van der Waals surface area (Å²) in [5.41, 5.74) is 3.90. The van der Waals surface area contributed by atoms with Crippen LogP contribution in [0.2, 0.25) is 0 Å². The first kappa shape index (κ1) is 13.1. The summed E-state index contributed by atoms with van der Waals surface area (Å²) in [5, 5.41) is 7.84. The zero-order valence-electron chi connectivity index (χ0n) is 12.0. The highest BCUT2D eigenvalue weighted by atomic mass is 32.1.